The molecule has 0 bridgehead atoms. The Balaban J connectivity index is 1.44. The van der Waals surface area contributed by atoms with E-state index >= 15 is 0 Å². The van der Waals surface area contributed by atoms with Crippen molar-refractivity contribution in [3.8, 4) is 11.3 Å². The van der Waals surface area contributed by atoms with E-state index in [0.29, 0.717) is 5.56 Å². The van der Waals surface area contributed by atoms with Gasteiger partial charge in [0.05, 0.1) is 11.9 Å². The highest BCUT2D eigenvalue weighted by atomic mass is 16.2. The molecule has 2 heterocycles. The van der Waals surface area contributed by atoms with Gasteiger partial charge in [-0.3, -0.25) is 14.8 Å². The number of aromatic nitrogens is 2. The van der Waals surface area contributed by atoms with Gasteiger partial charge in [0.25, 0.3) is 5.91 Å². The molecule has 5 heteroatoms. The number of rotatable bonds is 3. The average molecular weight is 372 g/mol. The molecule has 0 N–H and O–H groups in total. The third-order valence-electron chi connectivity index (χ3n) is 5.28. The molecule has 1 aliphatic rings. The predicted molar refractivity (Wildman–Crippen MR) is 111 cm³/mol. The second kappa shape index (κ2) is 7.80. The Bertz CT molecular complexity index is 939. The predicted octanol–water partition coefficient (Wildman–Crippen LogP) is 3.80. The quantitative estimate of drug-likeness (QED) is 0.702. The van der Waals surface area contributed by atoms with Crippen molar-refractivity contribution in [2.75, 3.05) is 24.5 Å². The number of benzene rings is 2. The van der Waals surface area contributed by atoms with Gasteiger partial charge in [0, 0.05) is 54.9 Å². The van der Waals surface area contributed by atoms with Crippen LogP contribution in [0, 0.1) is 6.92 Å². The molecule has 4 rings (SSSR count). The maximum absolute atomic E-state index is 13.0. The molecule has 0 aliphatic carbocycles. The zero-order chi connectivity index (χ0) is 19.5. The van der Waals surface area contributed by atoms with Crippen molar-refractivity contribution in [3.63, 3.8) is 0 Å². The van der Waals surface area contributed by atoms with E-state index in [-0.39, 0.29) is 11.9 Å². The summed E-state index contributed by atoms with van der Waals surface area (Å²) in [6.07, 6.45) is 5.05. The van der Waals surface area contributed by atoms with Gasteiger partial charge in [-0.2, -0.15) is 0 Å². The molecule has 0 saturated carbocycles. The lowest BCUT2D eigenvalue weighted by atomic mass is 10.1. The van der Waals surface area contributed by atoms with E-state index < -0.39 is 0 Å². The van der Waals surface area contributed by atoms with E-state index in [0.717, 1.165) is 30.9 Å². The van der Waals surface area contributed by atoms with E-state index in [1.807, 2.05) is 29.2 Å². The van der Waals surface area contributed by atoms with Crippen LogP contribution in [0.2, 0.25) is 0 Å². The van der Waals surface area contributed by atoms with Crippen molar-refractivity contribution < 1.29 is 4.79 Å². The minimum absolute atomic E-state index is 0.0850. The van der Waals surface area contributed by atoms with Gasteiger partial charge in [0.2, 0.25) is 0 Å². The topological polar surface area (TPSA) is 49.3 Å². The lowest BCUT2D eigenvalue weighted by molar-refractivity contribution is 0.0674. The van der Waals surface area contributed by atoms with Crippen molar-refractivity contribution in [3.05, 3.63) is 78.2 Å². The van der Waals surface area contributed by atoms with Gasteiger partial charge >= 0.3 is 0 Å². The summed E-state index contributed by atoms with van der Waals surface area (Å²) in [7, 11) is 0. The molecule has 142 valence electrons. The average Bonchev–Trinajstić information content (AvgIpc) is 2.74. The lowest BCUT2D eigenvalue weighted by Crippen LogP contribution is -2.54. The number of anilines is 1. The SMILES string of the molecule is Cc1ccc(N2CCN(C(=O)c3ccc(-c4cnccn4)cc3)C(C)C2)cc1. The third-order valence-corrected chi connectivity index (χ3v) is 5.28. The summed E-state index contributed by atoms with van der Waals surface area (Å²) in [5.74, 6) is 0.0850. The molecule has 3 aromatic rings. The van der Waals surface area contributed by atoms with Gasteiger partial charge in [-0.1, -0.05) is 29.8 Å². The Labute approximate surface area is 165 Å². The van der Waals surface area contributed by atoms with Crippen LogP contribution in [0.15, 0.2) is 67.1 Å². The molecule has 1 aromatic heterocycles. The Morgan fingerprint density at radius 1 is 1.00 bits per heavy atom. The zero-order valence-corrected chi connectivity index (χ0v) is 16.2. The van der Waals surface area contributed by atoms with Gasteiger partial charge in [-0.25, -0.2) is 0 Å². The Morgan fingerprint density at radius 2 is 1.75 bits per heavy atom. The summed E-state index contributed by atoms with van der Waals surface area (Å²) in [5.41, 5.74) is 4.96. The van der Waals surface area contributed by atoms with Crippen LogP contribution in [0.1, 0.15) is 22.8 Å². The molecule has 0 spiro atoms. The molecule has 2 aromatic carbocycles. The number of nitrogens with zero attached hydrogens (tertiary/aromatic N) is 4. The highest BCUT2D eigenvalue weighted by Crippen LogP contribution is 2.22. The summed E-state index contributed by atoms with van der Waals surface area (Å²) in [6.45, 7) is 6.62. The van der Waals surface area contributed by atoms with Crippen LogP contribution in [0.25, 0.3) is 11.3 Å². The molecule has 1 fully saturated rings. The highest BCUT2D eigenvalue weighted by molar-refractivity contribution is 5.95. The fourth-order valence-electron chi connectivity index (χ4n) is 3.65. The largest absolute Gasteiger partial charge is 0.368 e. The lowest BCUT2D eigenvalue weighted by Gasteiger charge is -2.41. The van der Waals surface area contributed by atoms with E-state index in [4.69, 9.17) is 0 Å². The first kappa shape index (κ1) is 18.2. The van der Waals surface area contributed by atoms with Crippen LogP contribution in [-0.2, 0) is 0 Å². The van der Waals surface area contributed by atoms with E-state index in [9.17, 15) is 4.79 Å². The highest BCUT2D eigenvalue weighted by Gasteiger charge is 2.28. The molecule has 1 atom stereocenters. The molecule has 1 saturated heterocycles. The summed E-state index contributed by atoms with van der Waals surface area (Å²) >= 11 is 0. The molecular weight excluding hydrogens is 348 g/mol. The maximum Gasteiger partial charge on any atom is 0.254 e. The van der Waals surface area contributed by atoms with E-state index in [2.05, 4.69) is 53.0 Å². The molecule has 1 aliphatic heterocycles. The monoisotopic (exact) mass is 372 g/mol. The fourth-order valence-corrected chi connectivity index (χ4v) is 3.65. The summed E-state index contributed by atoms with van der Waals surface area (Å²) in [5, 5.41) is 0. The third kappa shape index (κ3) is 3.74. The Morgan fingerprint density at radius 3 is 2.39 bits per heavy atom. The van der Waals surface area contributed by atoms with Crippen LogP contribution in [0.5, 0.6) is 0 Å². The number of hydrogen-bond acceptors (Lipinski definition) is 4. The second-order valence-electron chi connectivity index (χ2n) is 7.30. The van der Waals surface area contributed by atoms with Crippen LogP contribution in [-0.4, -0.2) is 46.5 Å². The van der Waals surface area contributed by atoms with Crippen molar-refractivity contribution in [1.82, 2.24) is 14.9 Å². The molecular formula is C23H24N4O. The minimum atomic E-state index is 0.0850. The molecule has 5 nitrogen and oxygen atoms in total. The molecule has 1 unspecified atom stereocenters. The van der Waals surface area contributed by atoms with Gasteiger partial charge < -0.3 is 9.80 Å². The van der Waals surface area contributed by atoms with Crippen molar-refractivity contribution >= 4 is 11.6 Å². The van der Waals surface area contributed by atoms with Crippen LogP contribution in [0.3, 0.4) is 0 Å². The molecule has 0 radical (unpaired) electrons. The summed E-state index contributed by atoms with van der Waals surface area (Å²) in [4.78, 5) is 25.8. The second-order valence-corrected chi connectivity index (χ2v) is 7.30. The number of amides is 1. The van der Waals surface area contributed by atoms with E-state index in [1.54, 1.807) is 18.6 Å². The number of piperazine rings is 1. The maximum atomic E-state index is 13.0. The van der Waals surface area contributed by atoms with Crippen LogP contribution >= 0.6 is 0 Å². The van der Waals surface area contributed by atoms with Crippen molar-refractivity contribution in [1.29, 1.82) is 0 Å². The smallest absolute Gasteiger partial charge is 0.254 e. The Hall–Kier alpha value is -3.21. The zero-order valence-electron chi connectivity index (χ0n) is 16.2. The van der Waals surface area contributed by atoms with Crippen molar-refractivity contribution in [2.24, 2.45) is 0 Å². The van der Waals surface area contributed by atoms with Crippen LogP contribution < -0.4 is 4.90 Å². The summed E-state index contributed by atoms with van der Waals surface area (Å²) in [6, 6.07) is 16.4. The van der Waals surface area contributed by atoms with Gasteiger partial charge in [-0.15, -0.1) is 0 Å². The molecule has 1 amide bonds. The fraction of sp³-hybridized carbons (Fsp3) is 0.261. The number of hydrogen-bond donors (Lipinski definition) is 0. The first-order valence-corrected chi connectivity index (χ1v) is 9.61. The first-order chi connectivity index (χ1) is 13.6. The standard InChI is InChI=1S/C23H24N4O/c1-17-3-9-21(10-4-17)26-13-14-27(18(2)16-26)23(28)20-7-5-19(6-8-20)22-15-24-11-12-25-22/h3-12,15,18H,13-14,16H2,1-2H3. The van der Waals surface area contributed by atoms with Gasteiger partial charge in [0.1, 0.15) is 0 Å². The van der Waals surface area contributed by atoms with Crippen molar-refractivity contribution in [2.45, 2.75) is 19.9 Å². The number of carbonyl (C=O) groups is 1. The van der Waals surface area contributed by atoms with Gasteiger partial charge in [0.15, 0.2) is 0 Å². The minimum Gasteiger partial charge on any atom is -0.368 e. The number of aryl methyl sites for hydroxylation is 1. The summed E-state index contributed by atoms with van der Waals surface area (Å²) < 4.78 is 0. The van der Waals surface area contributed by atoms with E-state index in [1.165, 1.54) is 11.3 Å². The van der Waals surface area contributed by atoms with Gasteiger partial charge in [-0.05, 0) is 38.1 Å². The Kier molecular flexibility index (Phi) is 5.06. The first-order valence-electron chi connectivity index (χ1n) is 9.61. The van der Waals surface area contributed by atoms with Crippen LogP contribution in [0.4, 0.5) is 5.69 Å². The molecule has 28 heavy (non-hydrogen) atoms. The number of carbonyl (C=O) groups excluding carboxylic acids is 1. The normalized spacial score (nSPS) is 16.9.